The second-order valence-electron chi connectivity index (χ2n) is 5.79. The first-order chi connectivity index (χ1) is 12.5. The number of benzene rings is 2. The smallest absolute Gasteiger partial charge is 0.337 e. The minimum Gasteiger partial charge on any atom is -0.495 e. The molecule has 0 aliphatic carbocycles. The summed E-state index contributed by atoms with van der Waals surface area (Å²) in [5.74, 6) is 0.679. The van der Waals surface area contributed by atoms with Crippen LogP contribution in [0.25, 0.3) is 10.9 Å². The molecule has 0 radical (unpaired) electrons. The third kappa shape index (κ3) is 3.51. The number of ether oxygens (including phenoxy) is 2. The van der Waals surface area contributed by atoms with E-state index in [1.807, 2.05) is 25.1 Å². The summed E-state index contributed by atoms with van der Waals surface area (Å²) < 4.78 is 10.0. The Hall–Kier alpha value is -3.35. The highest BCUT2D eigenvalue weighted by atomic mass is 16.5. The Labute approximate surface area is 150 Å². The number of nitrogens with zero attached hydrogens (tertiary/aromatic N) is 1. The molecular weight excluding hydrogens is 334 g/mol. The van der Waals surface area contributed by atoms with Gasteiger partial charge in [0, 0.05) is 0 Å². The van der Waals surface area contributed by atoms with Crippen LogP contribution in [0.2, 0.25) is 0 Å². The number of methoxy groups -OCH3 is 2. The first kappa shape index (κ1) is 17.5. The standard InChI is InChI=1S/C19H19N3O4/c1-11-4-7-16(25-2)15(8-11)20-10-17-21-14-9-12(19(24)26-3)5-6-13(14)18(23)22-17/h4-9,20H,10H2,1-3H3,(H,21,22,23). The van der Waals surface area contributed by atoms with E-state index in [4.69, 9.17) is 9.47 Å². The highest BCUT2D eigenvalue weighted by molar-refractivity contribution is 5.93. The molecule has 0 bridgehead atoms. The molecule has 3 rings (SSSR count). The average molecular weight is 353 g/mol. The van der Waals surface area contributed by atoms with Crippen LogP contribution < -0.4 is 15.6 Å². The van der Waals surface area contributed by atoms with E-state index in [0.717, 1.165) is 11.3 Å². The van der Waals surface area contributed by atoms with Crippen molar-refractivity contribution in [1.82, 2.24) is 9.97 Å². The van der Waals surface area contributed by atoms with Crippen LogP contribution in [0, 0.1) is 6.92 Å². The first-order valence-corrected chi connectivity index (χ1v) is 8.01. The van der Waals surface area contributed by atoms with Crippen molar-refractivity contribution >= 4 is 22.6 Å². The maximum Gasteiger partial charge on any atom is 0.337 e. The lowest BCUT2D eigenvalue weighted by molar-refractivity contribution is 0.0601. The maximum atomic E-state index is 12.3. The summed E-state index contributed by atoms with van der Waals surface area (Å²) in [7, 11) is 2.91. The number of aryl methyl sites for hydroxylation is 1. The van der Waals surface area contributed by atoms with Crippen molar-refractivity contribution in [1.29, 1.82) is 0 Å². The molecule has 0 saturated heterocycles. The van der Waals surface area contributed by atoms with Crippen LogP contribution in [0.4, 0.5) is 5.69 Å². The fourth-order valence-corrected chi connectivity index (χ4v) is 2.66. The van der Waals surface area contributed by atoms with Crippen LogP contribution in [0.1, 0.15) is 21.7 Å². The Morgan fingerprint density at radius 1 is 1.19 bits per heavy atom. The number of esters is 1. The fraction of sp³-hybridized carbons (Fsp3) is 0.211. The third-order valence-electron chi connectivity index (χ3n) is 3.98. The number of hydrogen-bond donors (Lipinski definition) is 2. The Morgan fingerprint density at radius 3 is 2.73 bits per heavy atom. The summed E-state index contributed by atoms with van der Waals surface area (Å²) in [4.78, 5) is 31.1. The number of aromatic nitrogens is 2. The Morgan fingerprint density at radius 2 is 2.00 bits per heavy atom. The van der Waals surface area contributed by atoms with Crippen LogP contribution >= 0.6 is 0 Å². The summed E-state index contributed by atoms with van der Waals surface area (Å²) in [6.07, 6.45) is 0. The second-order valence-corrected chi connectivity index (χ2v) is 5.79. The largest absolute Gasteiger partial charge is 0.495 e. The minimum atomic E-state index is -0.474. The summed E-state index contributed by atoms with van der Waals surface area (Å²) in [5, 5.41) is 3.62. The van der Waals surface area contributed by atoms with E-state index < -0.39 is 5.97 Å². The normalized spacial score (nSPS) is 10.6. The van der Waals surface area contributed by atoms with Gasteiger partial charge in [0.15, 0.2) is 0 Å². The number of fused-ring (bicyclic) bond motifs is 1. The number of nitrogens with one attached hydrogen (secondary N) is 2. The van der Waals surface area contributed by atoms with Crippen LogP contribution in [0.5, 0.6) is 5.75 Å². The number of rotatable bonds is 5. The average Bonchev–Trinajstić information content (AvgIpc) is 2.65. The van der Waals surface area contributed by atoms with Gasteiger partial charge in [0.2, 0.25) is 0 Å². The molecule has 0 spiro atoms. The zero-order valence-corrected chi connectivity index (χ0v) is 14.8. The van der Waals surface area contributed by atoms with Gasteiger partial charge in [0.25, 0.3) is 5.56 Å². The van der Waals surface area contributed by atoms with E-state index in [-0.39, 0.29) is 5.56 Å². The Kier molecular flexibility index (Phi) is 4.88. The van der Waals surface area contributed by atoms with Crippen LogP contribution in [0.15, 0.2) is 41.2 Å². The van der Waals surface area contributed by atoms with Gasteiger partial charge in [-0.2, -0.15) is 0 Å². The predicted molar refractivity (Wildman–Crippen MR) is 98.8 cm³/mol. The van der Waals surface area contributed by atoms with E-state index in [1.165, 1.54) is 7.11 Å². The molecule has 2 N–H and O–H groups in total. The molecule has 0 amide bonds. The van der Waals surface area contributed by atoms with Crippen LogP contribution in [0.3, 0.4) is 0 Å². The fourth-order valence-electron chi connectivity index (χ4n) is 2.66. The molecule has 0 atom stereocenters. The minimum absolute atomic E-state index is 0.264. The molecule has 2 aromatic carbocycles. The van der Waals surface area contributed by atoms with Crippen LogP contribution in [-0.4, -0.2) is 30.2 Å². The Bertz CT molecular complexity index is 1030. The summed E-state index contributed by atoms with van der Waals surface area (Å²) >= 11 is 0. The zero-order chi connectivity index (χ0) is 18.7. The van der Waals surface area contributed by atoms with Gasteiger partial charge >= 0.3 is 5.97 Å². The molecule has 7 nitrogen and oxygen atoms in total. The number of carbonyl (C=O) groups excluding carboxylic acids is 1. The summed E-state index contributed by atoms with van der Waals surface area (Å²) in [5.41, 5.74) is 2.40. The van der Waals surface area contributed by atoms with Gasteiger partial charge in [0.05, 0.1) is 42.9 Å². The molecule has 26 heavy (non-hydrogen) atoms. The van der Waals surface area contributed by atoms with Gasteiger partial charge < -0.3 is 19.8 Å². The highest BCUT2D eigenvalue weighted by Gasteiger charge is 2.10. The molecule has 7 heteroatoms. The highest BCUT2D eigenvalue weighted by Crippen LogP contribution is 2.25. The van der Waals surface area contributed by atoms with Gasteiger partial charge in [0.1, 0.15) is 11.6 Å². The molecule has 0 fully saturated rings. The van der Waals surface area contributed by atoms with Crippen molar-refractivity contribution in [2.24, 2.45) is 0 Å². The quantitative estimate of drug-likeness (QED) is 0.685. The van der Waals surface area contributed by atoms with Gasteiger partial charge in [-0.15, -0.1) is 0 Å². The monoisotopic (exact) mass is 353 g/mol. The predicted octanol–water partition coefficient (Wildman–Crippen LogP) is 2.64. The summed E-state index contributed by atoms with van der Waals surface area (Å²) in [6, 6.07) is 10.4. The van der Waals surface area contributed by atoms with Gasteiger partial charge in [-0.05, 0) is 42.8 Å². The number of aromatic amines is 1. The van der Waals surface area contributed by atoms with Crippen LogP contribution in [-0.2, 0) is 11.3 Å². The van der Waals surface area contributed by atoms with Crippen molar-refractivity contribution < 1.29 is 14.3 Å². The lowest BCUT2D eigenvalue weighted by Gasteiger charge is -2.12. The first-order valence-electron chi connectivity index (χ1n) is 8.01. The second kappa shape index (κ2) is 7.26. The Balaban J connectivity index is 1.92. The molecule has 0 aliphatic rings. The van der Waals surface area contributed by atoms with Crippen molar-refractivity contribution in [2.45, 2.75) is 13.5 Å². The van der Waals surface area contributed by atoms with E-state index in [0.29, 0.717) is 34.6 Å². The number of H-pyrrole nitrogens is 1. The van der Waals surface area contributed by atoms with Crippen molar-refractivity contribution in [3.63, 3.8) is 0 Å². The van der Waals surface area contributed by atoms with E-state index in [9.17, 15) is 9.59 Å². The van der Waals surface area contributed by atoms with Crippen molar-refractivity contribution in [3.05, 3.63) is 63.7 Å². The molecule has 1 aromatic heterocycles. The zero-order valence-electron chi connectivity index (χ0n) is 14.8. The lowest BCUT2D eigenvalue weighted by Crippen LogP contribution is -2.15. The van der Waals surface area contributed by atoms with Gasteiger partial charge in [-0.1, -0.05) is 6.07 Å². The third-order valence-corrected chi connectivity index (χ3v) is 3.98. The van der Waals surface area contributed by atoms with E-state index in [1.54, 1.807) is 25.3 Å². The number of carbonyl (C=O) groups is 1. The molecule has 134 valence electrons. The maximum absolute atomic E-state index is 12.3. The molecule has 0 saturated carbocycles. The lowest BCUT2D eigenvalue weighted by atomic mass is 10.1. The number of anilines is 1. The molecular formula is C19H19N3O4. The molecule has 0 aliphatic heterocycles. The molecule has 3 aromatic rings. The number of hydrogen-bond acceptors (Lipinski definition) is 6. The van der Waals surface area contributed by atoms with E-state index >= 15 is 0 Å². The molecule has 0 unspecified atom stereocenters. The van der Waals surface area contributed by atoms with E-state index in [2.05, 4.69) is 15.3 Å². The van der Waals surface area contributed by atoms with Crippen molar-refractivity contribution in [2.75, 3.05) is 19.5 Å². The van der Waals surface area contributed by atoms with Gasteiger partial charge in [-0.3, -0.25) is 4.79 Å². The van der Waals surface area contributed by atoms with Crippen molar-refractivity contribution in [3.8, 4) is 5.75 Å². The SMILES string of the molecule is COC(=O)c1ccc2c(=O)[nH]c(CNc3cc(C)ccc3OC)nc2c1. The topological polar surface area (TPSA) is 93.3 Å². The van der Waals surface area contributed by atoms with Gasteiger partial charge in [-0.25, -0.2) is 9.78 Å². The molecule has 1 heterocycles. The summed E-state index contributed by atoms with van der Waals surface area (Å²) in [6.45, 7) is 2.28.